The Morgan fingerprint density at radius 3 is 2.53 bits per heavy atom. The number of nitrogens with zero attached hydrogens (tertiary/aromatic N) is 1. The van der Waals surface area contributed by atoms with Gasteiger partial charge in [-0.1, -0.05) is 0 Å². The first kappa shape index (κ1) is 10.4. The van der Waals surface area contributed by atoms with Gasteiger partial charge < -0.3 is 4.90 Å². The minimum absolute atomic E-state index is 0.250. The number of quaternary nitrogens is 1. The van der Waals surface area contributed by atoms with E-state index in [-0.39, 0.29) is 5.82 Å². The molecule has 0 saturated carbocycles. The van der Waals surface area contributed by atoms with Crippen LogP contribution in [0.5, 0.6) is 0 Å². The monoisotopic (exact) mass is 211 g/mol. The van der Waals surface area contributed by atoms with E-state index in [0.717, 1.165) is 31.4 Å². The molecule has 0 bridgehead atoms. The van der Waals surface area contributed by atoms with E-state index in [9.17, 15) is 4.39 Å². The van der Waals surface area contributed by atoms with Gasteiger partial charge in [0.1, 0.15) is 0 Å². The fourth-order valence-corrected chi connectivity index (χ4v) is 1.99. The van der Waals surface area contributed by atoms with Crippen LogP contribution in [0, 0.1) is 5.82 Å². The number of nitrogens with two attached hydrogens (primary N) is 1. The van der Waals surface area contributed by atoms with Gasteiger partial charge >= 0.3 is 0 Å². The summed E-state index contributed by atoms with van der Waals surface area (Å²) in [6, 6.07) is 4.83. The Morgan fingerprint density at radius 1 is 1.20 bits per heavy atom. The number of rotatable bonds is 2. The van der Waals surface area contributed by atoms with Crippen LogP contribution >= 0.6 is 0 Å². The van der Waals surface area contributed by atoms with Crippen LogP contribution in [0.25, 0.3) is 0 Å². The molecule has 4 heteroatoms. The maximum Gasteiger partial charge on any atom is 0.164 e. The molecule has 82 valence electrons. The SMILES string of the molecule is O[NH2+]c1ccc(N2CCCCC2)c(F)c1. The molecule has 3 nitrogen and oxygen atoms in total. The summed E-state index contributed by atoms with van der Waals surface area (Å²) in [5, 5.41) is 8.76. The molecule has 1 fully saturated rings. The molecule has 2 rings (SSSR count). The third kappa shape index (κ3) is 2.27. The second-order valence-corrected chi connectivity index (χ2v) is 3.89. The number of hydrogen-bond donors (Lipinski definition) is 2. The lowest BCUT2D eigenvalue weighted by molar-refractivity contribution is -0.825. The molecule has 0 atom stereocenters. The van der Waals surface area contributed by atoms with Gasteiger partial charge in [0.25, 0.3) is 0 Å². The molecule has 0 spiro atoms. The summed E-state index contributed by atoms with van der Waals surface area (Å²) >= 11 is 0. The Hall–Kier alpha value is -1.13. The van der Waals surface area contributed by atoms with Crippen LogP contribution in [-0.2, 0) is 0 Å². The average Bonchev–Trinajstić information content (AvgIpc) is 2.30. The summed E-state index contributed by atoms with van der Waals surface area (Å²) in [6.07, 6.45) is 3.50. The van der Waals surface area contributed by atoms with Crippen LogP contribution in [0.2, 0.25) is 0 Å². The molecule has 1 aromatic carbocycles. The van der Waals surface area contributed by atoms with Crippen molar-refractivity contribution in [2.45, 2.75) is 19.3 Å². The Bertz CT molecular complexity index is 337. The zero-order chi connectivity index (χ0) is 10.7. The van der Waals surface area contributed by atoms with Crippen LogP contribution in [0.3, 0.4) is 0 Å². The van der Waals surface area contributed by atoms with Gasteiger partial charge in [-0.3, -0.25) is 0 Å². The standard InChI is InChI=1S/C11H15FN2O/c12-10-8-9(13-15)4-5-11(10)14-6-2-1-3-7-14/h4-5,8,13,15H,1-3,6-7H2/p+1. The van der Waals surface area contributed by atoms with Crippen LogP contribution in [0.4, 0.5) is 15.8 Å². The van der Waals surface area contributed by atoms with Gasteiger partial charge in [-0.25, -0.2) is 9.60 Å². The third-order valence-corrected chi connectivity index (χ3v) is 2.82. The lowest BCUT2D eigenvalue weighted by Gasteiger charge is -2.28. The zero-order valence-electron chi connectivity index (χ0n) is 8.62. The Labute approximate surface area is 88.5 Å². The zero-order valence-corrected chi connectivity index (χ0v) is 8.62. The molecule has 1 aliphatic rings. The highest BCUT2D eigenvalue weighted by molar-refractivity contribution is 5.52. The number of hydrogen-bond acceptors (Lipinski definition) is 2. The Morgan fingerprint density at radius 2 is 1.93 bits per heavy atom. The van der Waals surface area contributed by atoms with E-state index in [2.05, 4.69) is 4.90 Å². The molecule has 0 radical (unpaired) electrons. The largest absolute Gasteiger partial charge is 0.369 e. The van der Waals surface area contributed by atoms with Crippen LogP contribution < -0.4 is 10.4 Å². The van der Waals surface area contributed by atoms with Gasteiger partial charge in [-0.05, 0) is 25.3 Å². The molecule has 15 heavy (non-hydrogen) atoms. The van der Waals surface area contributed by atoms with E-state index in [1.165, 1.54) is 12.5 Å². The topological polar surface area (TPSA) is 40.1 Å². The molecule has 3 N–H and O–H groups in total. The summed E-state index contributed by atoms with van der Waals surface area (Å²) in [7, 11) is 0. The number of piperidine rings is 1. The third-order valence-electron chi connectivity index (χ3n) is 2.82. The predicted molar refractivity (Wildman–Crippen MR) is 55.8 cm³/mol. The first-order chi connectivity index (χ1) is 7.31. The van der Waals surface area contributed by atoms with E-state index >= 15 is 0 Å². The van der Waals surface area contributed by atoms with Crippen LogP contribution in [0.15, 0.2) is 18.2 Å². The second-order valence-electron chi connectivity index (χ2n) is 3.89. The van der Waals surface area contributed by atoms with E-state index in [1.807, 2.05) is 0 Å². The van der Waals surface area contributed by atoms with Gasteiger partial charge in [0, 0.05) is 25.2 Å². The highest BCUT2D eigenvalue weighted by Crippen LogP contribution is 2.24. The maximum absolute atomic E-state index is 13.6. The van der Waals surface area contributed by atoms with Gasteiger partial charge in [0.15, 0.2) is 11.5 Å². The minimum Gasteiger partial charge on any atom is -0.369 e. The highest BCUT2D eigenvalue weighted by atomic mass is 19.1. The fourth-order valence-electron chi connectivity index (χ4n) is 1.99. The van der Waals surface area contributed by atoms with Crippen molar-refractivity contribution >= 4 is 11.4 Å². The normalized spacial score (nSPS) is 16.8. The van der Waals surface area contributed by atoms with Gasteiger partial charge in [0.05, 0.1) is 5.69 Å². The fraction of sp³-hybridized carbons (Fsp3) is 0.455. The van der Waals surface area contributed by atoms with E-state index in [4.69, 9.17) is 5.21 Å². The van der Waals surface area contributed by atoms with Crippen molar-refractivity contribution in [1.29, 1.82) is 0 Å². The minimum atomic E-state index is -0.250. The molecule has 0 aromatic heterocycles. The molecule has 1 aliphatic heterocycles. The molecule has 0 amide bonds. The molecule has 0 aliphatic carbocycles. The van der Waals surface area contributed by atoms with Crippen LogP contribution in [-0.4, -0.2) is 18.3 Å². The quantitative estimate of drug-likeness (QED) is 0.573. The molecular formula is C11H16FN2O+. The summed E-state index contributed by atoms with van der Waals surface area (Å²) in [4.78, 5) is 2.07. The first-order valence-electron chi connectivity index (χ1n) is 5.33. The van der Waals surface area contributed by atoms with Crippen molar-refractivity contribution in [2.75, 3.05) is 18.0 Å². The number of anilines is 1. The Kier molecular flexibility index (Phi) is 3.18. The molecule has 1 aromatic rings. The lowest BCUT2D eigenvalue weighted by Crippen LogP contribution is -2.73. The summed E-state index contributed by atoms with van der Waals surface area (Å²) < 4.78 is 13.6. The van der Waals surface area contributed by atoms with E-state index in [0.29, 0.717) is 11.4 Å². The number of halogens is 1. The smallest absolute Gasteiger partial charge is 0.164 e. The summed E-state index contributed by atoms with van der Waals surface area (Å²) in [6.45, 7) is 1.86. The first-order valence-corrected chi connectivity index (χ1v) is 5.33. The van der Waals surface area contributed by atoms with Crippen molar-refractivity contribution in [3.05, 3.63) is 24.0 Å². The second kappa shape index (κ2) is 4.59. The maximum atomic E-state index is 13.6. The van der Waals surface area contributed by atoms with Crippen molar-refractivity contribution in [3.63, 3.8) is 0 Å². The average molecular weight is 211 g/mol. The van der Waals surface area contributed by atoms with Gasteiger partial charge in [-0.15, -0.1) is 0 Å². The summed E-state index contributed by atoms with van der Waals surface area (Å²) in [5.41, 5.74) is 2.08. The highest BCUT2D eigenvalue weighted by Gasteiger charge is 2.15. The van der Waals surface area contributed by atoms with Gasteiger partial charge in [-0.2, -0.15) is 5.48 Å². The van der Waals surface area contributed by atoms with Crippen LogP contribution in [0.1, 0.15) is 19.3 Å². The molecule has 1 heterocycles. The number of benzene rings is 1. The molecule has 1 saturated heterocycles. The van der Waals surface area contributed by atoms with Crippen molar-refractivity contribution in [2.24, 2.45) is 0 Å². The summed E-state index contributed by atoms with van der Waals surface area (Å²) in [5.74, 6) is -0.250. The molecule has 0 unspecified atom stereocenters. The lowest BCUT2D eigenvalue weighted by atomic mass is 10.1. The predicted octanol–water partition coefficient (Wildman–Crippen LogP) is 1.40. The van der Waals surface area contributed by atoms with E-state index < -0.39 is 0 Å². The Balaban J connectivity index is 2.19. The van der Waals surface area contributed by atoms with Crippen molar-refractivity contribution in [1.82, 2.24) is 0 Å². The van der Waals surface area contributed by atoms with Crippen molar-refractivity contribution < 1.29 is 15.1 Å². The molecular weight excluding hydrogens is 195 g/mol. The van der Waals surface area contributed by atoms with Gasteiger partial charge in [0.2, 0.25) is 0 Å². The van der Waals surface area contributed by atoms with E-state index in [1.54, 1.807) is 12.1 Å². The van der Waals surface area contributed by atoms with Crippen molar-refractivity contribution in [3.8, 4) is 0 Å².